The Kier molecular flexibility index (Phi) is 8.86. The van der Waals surface area contributed by atoms with E-state index in [-0.39, 0.29) is 17.6 Å². The molecule has 2 fully saturated rings. The zero-order valence-electron chi connectivity index (χ0n) is 21.6. The Morgan fingerprint density at radius 2 is 1.92 bits per heavy atom. The van der Waals surface area contributed by atoms with Crippen LogP contribution in [0.3, 0.4) is 0 Å². The fourth-order valence-corrected chi connectivity index (χ4v) is 5.79. The number of amides is 2. The SMILES string of the molecule is CCCCCCN1C(=O)/C(=C/c2c(N3CCN(C(=O)OCC)CC3)nc3c(C)cccn3c2=O)SC1=S. The van der Waals surface area contributed by atoms with Crippen LogP contribution >= 0.6 is 24.0 Å². The van der Waals surface area contributed by atoms with E-state index in [1.165, 1.54) is 16.2 Å². The van der Waals surface area contributed by atoms with Gasteiger partial charge in [-0.2, -0.15) is 0 Å². The van der Waals surface area contributed by atoms with Crippen molar-refractivity contribution in [2.45, 2.75) is 46.5 Å². The molecule has 0 bridgehead atoms. The first kappa shape index (κ1) is 27.1. The van der Waals surface area contributed by atoms with Crippen LogP contribution in [0, 0.1) is 6.92 Å². The van der Waals surface area contributed by atoms with Gasteiger partial charge in [-0.1, -0.05) is 56.2 Å². The molecular weight excluding hydrogens is 510 g/mol. The van der Waals surface area contributed by atoms with Crippen molar-refractivity contribution >= 4 is 57.8 Å². The van der Waals surface area contributed by atoms with Gasteiger partial charge in [0.15, 0.2) is 0 Å². The average Bonchev–Trinajstić information content (AvgIpc) is 3.16. The predicted molar refractivity (Wildman–Crippen MR) is 151 cm³/mol. The molecule has 0 aliphatic carbocycles. The lowest BCUT2D eigenvalue weighted by Gasteiger charge is -2.35. The van der Waals surface area contributed by atoms with Crippen LogP contribution in [-0.4, -0.2) is 74.8 Å². The molecule has 0 atom stereocenters. The van der Waals surface area contributed by atoms with E-state index < -0.39 is 0 Å². The van der Waals surface area contributed by atoms with E-state index in [9.17, 15) is 14.4 Å². The molecule has 0 aromatic carbocycles. The van der Waals surface area contributed by atoms with Crippen molar-refractivity contribution in [3.63, 3.8) is 0 Å². The van der Waals surface area contributed by atoms with Gasteiger partial charge in [0.05, 0.1) is 17.1 Å². The van der Waals surface area contributed by atoms with E-state index in [4.69, 9.17) is 21.9 Å². The van der Waals surface area contributed by atoms with Crippen LogP contribution < -0.4 is 10.5 Å². The summed E-state index contributed by atoms with van der Waals surface area (Å²) in [5.41, 5.74) is 1.54. The number of hydrogen-bond acceptors (Lipinski definition) is 8. The summed E-state index contributed by atoms with van der Waals surface area (Å²) in [6, 6.07) is 3.72. The molecule has 4 rings (SSSR count). The molecule has 2 aromatic heterocycles. The Hall–Kier alpha value is -2.92. The molecular formula is C26H33N5O4S2. The summed E-state index contributed by atoms with van der Waals surface area (Å²) in [7, 11) is 0. The minimum atomic E-state index is -0.340. The first-order chi connectivity index (χ1) is 17.8. The molecule has 2 aromatic rings. The van der Waals surface area contributed by atoms with Crippen molar-refractivity contribution < 1.29 is 14.3 Å². The molecule has 9 nitrogen and oxygen atoms in total. The summed E-state index contributed by atoms with van der Waals surface area (Å²) < 4.78 is 7.17. The molecule has 11 heteroatoms. The summed E-state index contributed by atoms with van der Waals surface area (Å²) in [4.78, 5) is 49.7. The number of aryl methyl sites for hydroxylation is 1. The number of pyridine rings is 1. The third-order valence-electron chi connectivity index (χ3n) is 6.55. The maximum atomic E-state index is 13.7. The van der Waals surface area contributed by atoms with Crippen molar-refractivity contribution in [1.82, 2.24) is 19.2 Å². The molecule has 198 valence electrons. The lowest BCUT2D eigenvalue weighted by atomic mass is 10.2. The predicted octanol–water partition coefficient (Wildman–Crippen LogP) is 4.06. The van der Waals surface area contributed by atoms with Crippen LogP contribution in [-0.2, 0) is 9.53 Å². The number of anilines is 1. The fraction of sp³-hybridized carbons (Fsp3) is 0.500. The number of rotatable bonds is 8. The lowest BCUT2D eigenvalue weighted by Crippen LogP contribution is -2.49. The molecule has 37 heavy (non-hydrogen) atoms. The third kappa shape index (κ3) is 5.82. The standard InChI is InChI=1S/C26H33N5O4S2/c1-4-6-7-8-11-31-24(33)20(37-26(31)36)17-19-22(27-21-18(3)10-9-12-30(21)23(19)32)28-13-15-29(16-14-28)25(34)35-5-2/h9-10,12,17H,4-8,11,13-16H2,1-3H3/b20-17-. The third-order valence-corrected chi connectivity index (χ3v) is 7.93. The largest absolute Gasteiger partial charge is 0.450 e. The maximum Gasteiger partial charge on any atom is 0.409 e. The van der Waals surface area contributed by atoms with E-state index in [0.717, 1.165) is 31.2 Å². The van der Waals surface area contributed by atoms with Crippen molar-refractivity contribution in [1.29, 1.82) is 0 Å². The normalized spacial score (nSPS) is 17.4. The van der Waals surface area contributed by atoms with Crippen LogP contribution in [0.2, 0.25) is 0 Å². The van der Waals surface area contributed by atoms with E-state index >= 15 is 0 Å². The van der Waals surface area contributed by atoms with Gasteiger partial charge in [0.25, 0.3) is 11.5 Å². The van der Waals surface area contributed by atoms with Crippen LogP contribution in [0.15, 0.2) is 28.0 Å². The van der Waals surface area contributed by atoms with Gasteiger partial charge in [0.2, 0.25) is 0 Å². The number of nitrogens with zero attached hydrogens (tertiary/aromatic N) is 5. The highest BCUT2D eigenvalue weighted by atomic mass is 32.2. The Morgan fingerprint density at radius 1 is 1.16 bits per heavy atom. The first-order valence-electron chi connectivity index (χ1n) is 12.8. The highest BCUT2D eigenvalue weighted by Crippen LogP contribution is 2.34. The lowest BCUT2D eigenvalue weighted by molar-refractivity contribution is -0.122. The van der Waals surface area contributed by atoms with Crippen LogP contribution in [0.1, 0.15) is 50.7 Å². The molecule has 0 unspecified atom stereocenters. The van der Waals surface area contributed by atoms with Crippen molar-refractivity contribution in [2.24, 2.45) is 0 Å². The van der Waals surface area contributed by atoms with Crippen molar-refractivity contribution in [2.75, 3.05) is 44.2 Å². The van der Waals surface area contributed by atoms with Crippen LogP contribution in [0.4, 0.5) is 10.6 Å². The van der Waals surface area contributed by atoms with E-state index in [2.05, 4.69) is 6.92 Å². The van der Waals surface area contributed by atoms with Gasteiger partial charge < -0.3 is 14.5 Å². The Morgan fingerprint density at radius 3 is 2.62 bits per heavy atom. The Balaban J connectivity index is 1.68. The number of ether oxygens (including phenoxy) is 1. The highest BCUT2D eigenvalue weighted by Gasteiger charge is 2.33. The molecule has 0 spiro atoms. The van der Waals surface area contributed by atoms with Gasteiger partial charge >= 0.3 is 6.09 Å². The number of hydrogen-bond donors (Lipinski definition) is 0. The molecule has 2 aliphatic heterocycles. The van der Waals surface area contributed by atoms with Gasteiger partial charge in [0, 0.05) is 38.9 Å². The van der Waals surface area contributed by atoms with E-state index in [1.54, 1.807) is 29.0 Å². The van der Waals surface area contributed by atoms with Gasteiger partial charge in [0.1, 0.15) is 15.8 Å². The fourth-order valence-electron chi connectivity index (χ4n) is 4.50. The van der Waals surface area contributed by atoms with Crippen LogP contribution in [0.25, 0.3) is 11.7 Å². The van der Waals surface area contributed by atoms with Crippen molar-refractivity contribution in [3.8, 4) is 0 Å². The quantitative estimate of drug-likeness (QED) is 0.280. The summed E-state index contributed by atoms with van der Waals surface area (Å²) in [6.07, 6.45) is 7.17. The molecule has 0 radical (unpaired) electrons. The number of thiocarbonyl (C=S) groups is 1. The Labute approximate surface area is 226 Å². The average molecular weight is 544 g/mol. The summed E-state index contributed by atoms with van der Waals surface area (Å²) in [6.45, 7) is 8.63. The van der Waals surface area contributed by atoms with E-state index in [0.29, 0.717) is 65.6 Å². The topological polar surface area (TPSA) is 87.5 Å². The molecule has 2 aliphatic rings. The number of carbonyl (C=O) groups is 2. The summed E-state index contributed by atoms with van der Waals surface area (Å²) in [5, 5.41) is 0. The second-order valence-corrected chi connectivity index (χ2v) is 10.8. The summed E-state index contributed by atoms with van der Waals surface area (Å²) >= 11 is 6.73. The zero-order chi connectivity index (χ0) is 26.5. The van der Waals surface area contributed by atoms with Crippen molar-refractivity contribution in [3.05, 3.63) is 44.7 Å². The molecule has 2 amide bonds. The number of carbonyl (C=O) groups excluding carboxylic acids is 2. The minimum absolute atomic E-state index is 0.168. The second kappa shape index (κ2) is 12.1. The number of piperazine rings is 1. The molecule has 2 saturated heterocycles. The monoisotopic (exact) mass is 543 g/mol. The number of aromatic nitrogens is 2. The van der Waals surface area contributed by atoms with Crippen LogP contribution in [0.5, 0.6) is 0 Å². The van der Waals surface area contributed by atoms with Gasteiger partial charge in [-0.3, -0.25) is 18.9 Å². The number of unbranched alkanes of at least 4 members (excludes halogenated alkanes) is 3. The Bertz CT molecular complexity index is 1280. The van der Waals surface area contributed by atoms with Gasteiger partial charge in [-0.05, 0) is 38.0 Å². The smallest absolute Gasteiger partial charge is 0.409 e. The molecule has 0 saturated carbocycles. The van der Waals surface area contributed by atoms with Gasteiger partial charge in [-0.25, -0.2) is 9.78 Å². The zero-order valence-corrected chi connectivity index (χ0v) is 23.2. The maximum absolute atomic E-state index is 13.7. The summed E-state index contributed by atoms with van der Waals surface area (Å²) in [5.74, 6) is 0.342. The van der Waals surface area contributed by atoms with E-state index in [1.807, 2.05) is 24.0 Å². The minimum Gasteiger partial charge on any atom is -0.450 e. The molecule has 0 N–H and O–H groups in total. The molecule has 4 heterocycles. The second-order valence-electron chi connectivity index (χ2n) is 9.11. The first-order valence-corrected chi connectivity index (χ1v) is 14.0. The number of thioether (sulfide) groups is 1. The number of fused-ring (bicyclic) bond motifs is 1. The highest BCUT2D eigenvalue weighted by molar-refractivity contribution is 8.26. The van der Waals surface area contributed by atoms with Gasteiger partial charge in [-0.15, -0.1) is 0 Å².